The van der Waals surface area contributed by atoms with Gasteiger partial charge in [-0.2, -0.15) is 8.42 Å². The van der Waals surface area contributed by atoms with Crippen molar-refractivity contribution in [2.45, 2.75) is 5.06 Å². The molecule has 10 heteroatoms. The number of hydrogen-bond donors (Lipinski definition) is 1. The van der Waals surface area contributed by atoms with Crippen LogP contribution < -0.4 is 4.74 Å². The Labute approximate surface area is 169 Å². The topological polar surface area (TPSA) is 99.5 Å². The average molecular weight is 428 g/mol. The molecule has 0 heterocycles. The van der Waals surface area contributed by atoms with E-state index in [4.69, 9.17) is 16.3 Å². The van der Waals surface area contributed by atoms with E-state index in [-0.39, 0.29) is 5.70 Å². The van der Waals surface area contributed by atoms with Crippen molar-refractivity contribution >= 4 is 33.9 Å². The molecule has 28 heavy (non-hydrogen) atoms. The molecule has 2 rings (SSSR count). The van der Waals surface area contributed by atoms with Crippen molar-refractivity contribution in [3.05, 3.63) is 53.1 Å². The summed E-state index contributed by atoms with van der Waals surface area (Å²) in [4.78, 5) is 14.1. The minimum Gasteiger partial charge on any atom is -0.481 e. The number of nitrogens with zero attached hydrogens (tertiary/aromatic N) is 3. The fraction of sp³-hybridized carbons (Fsp3) is 0.333. The van der Waals surface area contributed by atoms with Gasteiger partial charge in [-0.1, -0.05) is 29.8 Å². The maximum absolute atomic E-state index is 12.9. The summed E-state index contributed by atoms with van der Waals surface area (Å²) >= 11 is 6.75. The molecule has 0 amide bonds. The van der Waals surface area contributed by atoms with Crippen LogP contribution in [0.2, 0.25) is 0 Å². The van der Waals surface area contributed by atoms with Crippen LogP contribution in [0.1, 0.15) is 0 Å². The number of halogens is 1. The predicted molar refractivity (Wildman–Crippen MR) is 108 cm³/mol. The Kier molecular flexibility index (Phi) is 6.41. The number of carboxylic acids is 1. The summed E-state index contributed by atoms with van der Waals surface area (Å²) in [7, 11) is 2.11. The van der Waals surface area contributed by atoms with Crippen molar-refractivity contribution in [3.8, 4) is 5.75 Å². The van der Waals surface area contributed by atoms with E-state index >= 15 is 0 Å². The molecule has 2 unspecified atom stereocenters. The maximum Gasteiger partial charge on any atom is 0.314 e. The van der Waals surface area contributed by atoms with Crippen LogP contribution >= 0.6 is 11.6 Å². The van der Waals surface area contributed by atoms with Gasteiger partial charge in [0.2, 0.25) is 0 Å². The van der Waals surface area contributed by atoms with Crippen molar-refractivity contribution in [3.63, 3.8) is 0 Å². The van der Waals surface area contributed by atoms with E-state index in [2.05, 4.69) is 4.40 Å². The lowest BCUT2D eigenvalue weighted by Gasteiger charge is -2.38. The van der Waals surface area contributed by atoms with E-state index in [9.17, 15) is 18.3 Å². The Morgan fingerprint density at radius 3 is 2.32 bits per heavy atom. The van der Waals surface area contributed by atoms with Gasteiger partial charge in [-0.3, -0.25) is 4.79 Å². The van der Waals surface area contributed by atoms with Crippen LogP contribution in [0.15, 0.2) is 57.5 Å². The van der Waals surface area contributed by atoms with Crippen LogP contribution in [0.25, 0.3) is 0 Å². The molecular weight excluding hydrogens is 406 g/mol. The molecule has 152 valence electrons. The zero-order chi connectivity index (χ0) is 21.1. The van der Waals surface area contributed by atoms with Gasteiger partial charge in [-0.25, -0.2) is 0 Å². The highest BCUT2D eigenvalue weighted by molar-refractivity contribution is 7.94. The predicted octanol–water partition coefficient (Wildman–Crippen LogP) is 1.96. The zero-order valence-electron chi connectivity index (χ0n) is 15.9. The van der Waals surface area contributed by atoms with Gasteiger partial charge in [0.25, 0.3) is 15.1 Å². The number of ether oxygens (including phenoxy) is 1. The molecule has 0 saturated carbocycles. The van der Waals surface area contributed by atoms with Crippen molar-refractivity contribution in [2.75, 3.05) is 28.2 Å². The number of carboxylic acid groups (broad SMARTS) is 1. The second-order valence-corrected chi connectivity index (χ2v) is 8.64. The van der Waals surface area contributed by atoms with Gasteiger partial charge in [0.1, 0.15) is 17.0 Å². The maximum atomic E-state index is 12.9. The molecule has 0 saturated heterocycles. The number of aliphatic carboxylic acids is 1. The van der Waals surface area contributed by atoms with Gasteiger partial charge in [-0.05, 0) is 24.3 Å². The molecule has 1 N–H and O–H groups in total. The summed E-state index contributed by atoms with van der Waals surface area (Å²) in [6.07, 6.45) is 3.50. The summed E-state index contributed by atoms with van der Waals surface area (Å²) in [6.45, 7) is 0. The van der Waals surface area contributed by atoms with Gasteiger partial charge in [0, 0.05) is 28.2 Å². The highest BCUT2D eigenvalue weighted by Crippen LogP contribution is 2.44. The van der Waals surface area contributed by atoms with E-state index in [1.807, 2.05) is 0 Å². The molecule has 2 atom stereocenters. The lowest BCUT2D eigenvalue weighted by Crippen LogP contribution is -2.45. The number of benzene rings is 1. The van der Waals surface area contributed by atoms with Crippen LogP contribution in [-0.2, 0) is 14.8 Å². The highest BCUT2D eigenvalue weighted by atomic mass is 35.5. The summed E-state index contributed by atoms with van der Waals surface area (Å²) in [5.74, 6) is -2.11. The Morgan fingerprint density at radius 2 is 1.82 bits per heavy atom. The Morgan fingerprint density at radius 1 is 1.21 bits per heavy atom. The summed E-state index contributed by atoms with van der Waals surface area (Å²) in [5.41, 5.74) is 0.173. The molecule has 0 aliphatic heterocycles. The molecule has 1 aromatic rings. The van der Waals surface area contributed by atoms with Crippen molar-refractivity contribution < 1.29 is 23.1 Å². The average Bonchev–Trinajstić information content (AvgIpc) is 2.60. The molecule has 8 nitrogen and oxygen atoms in total. The van der Waals surface area contributed by atoms with E-state index in [0.717, 1.165) is 12.4 Å². The first-order chi connectivity index (χ1) is 13.0. The largest absolute Gasteiger partial charge is 0.481 e. The van der Waals surface area contributed by atoms with Crippen molar-refractivity contribution in [2.24, 2.45) is 10.3 Å². The monoisotopic (exact) mass is 427 g/mol. The van der Waals surface area contributed by atoms with Crippen molar-refractivity contribution in [1.82, 2.24) is 9.80 Å². The van der Waals surface area contributed by atoms with Crippen LogP contribution in [0.4, 0.5) is 0 Å². The summed E-state index contributed by atoms with van der Waals surface area (Å²) in [6, 6.07) is 8.42. The number of likely N-dealkylation sites (N-methyl/N-ethyl adjacent to an activating group) is 1. The number of alkyl halides is 1. The fourth-order valence-corrected chi connectivity index (χ4v) is 4.42. The SMILES string of the molecule is CN(C)C=NS(=O)(=O)C1=CC(C(=O)O)C=C(N(C)C)C1(Cl)Oc1ccccc1. The fourth-order valence-electron chi connectivity index (χ4n) is 2.52. The second-order valence-electron chi connectivity index (χ2n) is 6.51. The third-order valence-corrected chi connectivity index (χ3v) is 5.72. The minimum absolute atomic E-state index is 0.173. The smallest absolute Gasteiger partial charge is 0.314 e. The Hall–Kier alpha value is -2.52. The van der Waals surface area contributed by atoms with E-state index in [0.29, 0.717) is 5.75 Å². The zero-order valence-corrected chi connectivity index (χ0v) is 17.5. The first-order valence-electron chi connectivity index (χ1n) is 8.22. The molecule has 0 fully saturated rings. The first-order valence-corrected chi connectivity index (χ1v) is 10.0. The molecule has 0 aromatic heterocycles. The van der Waals surface area contributed by atoms with Gasteiger partial charge in [-0.15, -0.1) is 4.40 Å². The van der Waals surface area contributed by atoms with Crippen LogP contribution in [0.5, 0.6) is 5.75 Å². The summed E-state index contributed by atoms with van der Waals surface area (Å²) in [5, 5.41) is 7.48. The number of rotatable bonds is 7. The Balaban J connectivity index is 2.68. The number of carbonyl (C=O) groups is 1. The van der Waals surface area contributed by atoms with E-state index in [1.54, 1.807) is 58.5 Å². The number of para-hydroxylation sites is 1. The first kappa shape index (κ1) is 21.8. The lowest BCUT2D eigenvalue weighted by atomic mass is 9.97. The normalized spacial score (nSPS) is 22.4. The van der Waals surface area contributed by atoms with Crippen LogP contribution in [0, 0.1) is 5.92 Å². The molecule has 0 bridgehead atoms. The van der Waals surface area contributed by atoms with Crippen LogP contribution in [0.3, 0.4) is 0 Å². The molecule has 0 spiro atoms. The second kappa shape index (κ2) is 8.24. The molecule has 0 radical (unpaired) electrons. The molecule has 1 aromatic carbocycles. The molecule has 1 aliphatic carbocycles. The van der Waals surface area contributed by atoms with Crippen molar-refractivity contribution in [1.29, 1.82) is 0 Å². The van der Waals surface area contributed by atoms with Crippen LogP contribution in [-0.4, -0.2) is 68.9 Å². The Bertz CT molecular complexity index is 926. The highest BCUT2D eigenvalue weighted by Gasteiger charge is 2.50. The third kappa shape index (κ3) is 4.66. The van der Waals surface area contributed by atoms with Gasteiger partial charge < -0.3 is 19.6 Å². The standard InChI is InChI=1S/C18H22ClN3O5S/c1-21(2)12-20-28(25,26)16-11-13(17(23)24)10-15(22(3)4)18(16,19)27-14-8-6-5-7-9-14/h5-13H,1-4H3,(H,23,24). The third-order valence-electron chi connectivity index (χ3n) is 3.78. The summed E-state index contributed by atoms with van der Waals surface area (Å²) < 4.78 is 35.4. The van der Waals surface area contributed by atoms with Gasteiger partial charge >= 0.3 is 5.97 Å². The van der Waals surface area contributed by atoms with Gasteiger partial charge in [0.15, 0.2) is 0 Å². The van der Waals surface area contributed by atoms with E-state index < -0.39 is 31.9 Å². The van der Waals surface area contributed by atoms with E-state index in [1.165, 1.54) is 15.9 Å². The number of sulfonamides is 1. The molecular formula is C18H22ClN3O5S. The lowest BCUT2D eigenvalue weighted by molar-refractivity contribution is -0.138. The molecule has 1 aliphatic rings. The van der Waals surface area contributed by atoms with Gasteiger partial charge in [0.05, 0.1) is 11.6 Å². The quantitative estimate of drug-likeness (QED) is 0.403. The number of hydrogen-bond acceptors (Lipinski definition) is 5. The minimum atomic E-state index is -4.34.